The van der Waals surface area contributed by atoms with Crippen LogP contribution in [-0.2, 0) is 9.53 Å². The Hall–Kier alpha value is -2.69. The molecule has 2 atom stereocenters. The number of rotatable bonds is 3. The predicted molar refractivity (Wildman–Crippen MR) is 79.2 cm³/mol. The van der Waals surface area contributed by atoms with E-state index in [0.717, 1.165) is 11.1 Å². The lowest BCUT2D eigenvalue weighted by atomic mass is 9.83. The maximum atomic E-state index is 12.1. The quantitative estimate of drug-likeness (QED) is 0.852. The zero-order valence-electron chi connectivity index (χ0n) is 12.0. The Morgan fingerprint density at radius 2 is 1.77 bits per heavy atom. The normalized spacial score (nSPS) is 20.7. The lowest BCUT2D eigenvalue weighted by molar-refractivity contribution is -0.139. The highest BCUT2D eigenvalue weighted by molar-refractivity contribution is 5.82. The summed E-state index contributed by atoms with van der Waals surface area (Å²) >= 11 is 0. The predicted octanol–water partition coefficient (Wildman–Crippen LogP) is 2.53. The van der Waals surface area contributed by atoms with Gasteiger partial charge in [0.2, 0.25) is 0 Å². The number of benzene rings is 2. The number of hydrogen-bond acceptors (Lipinski definition) is 5. The molecule has 1 fully saturated rings. The van der Waals surface area contributed by atoms with Crippen LogP contribution in [0.3, 0.4) is 0 Å². The van der Waals surface area contributed by atoms with E-state index in [1.165, 1.54) is 7.11 Å². The van der Waals surface area contributed by atoms with Gasteiger partial charge in [0.25, 0.3) is 0 Å². The van der Waals surface area contributed by atoms with E-state index in [0.29, 0.717) is 5.75 Å². The first-order valence-corrected chi connectivity index (χ1v) is 6.92. The minimum Gasteiger partial charge on any atom is -0.508 e. The fraction of sp³-hybridized carbons (Fsp3) is 0.235. The van der Waals surface area contributed by atoms with Crippen LogP contribution in [0.1, 0.15) is 23.0 Å². The maximum absolute atomic E-state index is 12.1. The number of phenolic OH excluding ortho intramolecular Hbond substituents is 2. The maximum Gasteiger partial charge on any atom is 0.314 e. The van der Waals surface area contributed by atoms with Crippen molar-refractivity contribution in [3.63, 3.8) is 0 Å². The summed E-state index contributed by atoms with van der Waals surface area (Å²) in [6.07, 6.45) is 0. The number of aromatic hydroxyl groups is 2. The van der Waals surface area contributed by atoms with E-state index in [4.69, 9.17) is 9.47 Å². The minimum atomic E-state index is -0.435. The number of ether oxygens (including phenoxy) is 2. The first kappa shape index (κ1) is 14.3. The largest absolute Gasteiger partial charge is 0.508 e. The van der Waals surface area contributed by atoms with Gasteiger partial charge in [0.15, 0.2) is 11.5 Å². The van der Waals surface area contributed by atoms with Crippen LogP contribution in [0.4, 0.5) is 0 Å². The van der Waals surface area contributed by atoms with Crippen molar-refractivity contribution in [3.05, 3.63) is 53.6 Å². The lowest BCUT2D eigenvalue weighted by Crippen LogP contribution is -2.12. The molecule has 5 heteroatoms. The molecule has 2 N–H and O–H groups in total. The molecule has 0 amide bonds. The van der Waals surface area contributed by atoms with Gasteiger partial charge in [-0.05, 0) is 35.4 Å². The molecular weight excluding hydrogens is 284 g/mol. The zero-order chi connectivity index (χ0) is 15.7. The molecule has 0 saturated carbocycles. The molecule has 5 nitrogen and oxygen atoms in total. The van der Waals surface area contributed by atoms with Gasteiger partial charge in [0.1, 0.15) is 5.75 Å². The topological polar surface area (TPSA) is 76.0 Å². The Balaban J connectivity index is 1.98. The van der Waals surface area contributed by atoms with Crippen LogP contribution < -0.4 is 4.74 Å². The summed E-state index contributed by atoms with van der Waals surface area (Å²) in [4.78, 5) is 12.1. The van der Waals surface area contributed by atoms with E-state index >= 15 is 0 Å². The van der Waals surface area contributed by atoms with Gasteiger partial charge in [0.05, 0.1) is 19.6 Å². The SMILES string of the molecule is COc1cc(C2COC(=O)C2c2ccc(O)cc2)ccc1O. The summed E-state index contributed by atoms with van der Waals surface area (Å²) in [5, 5.41) is 19.1. The van der Waals surface area contributed by atoms with E-state index in [2.05, 4.69) is 0 Å². The third kappa shape index (κ3) is 2.45. The molecule has 2 aromatic carbocycles. The van der Waals surface area contributed by atoms with E-state index in [-0.39, 0.29) is 30.0 Å². The van der Waals surface area contributed by atoms with E-state index in [9.17, 15) is 15.0 Å². The third-order valence-corrected chi connectivity index (χ3v) is 3.95. The number of methoxy groups -OCH3 is 1. The van der Waals surface area contributed by atoms with Gasteiger partial charge in [-0.25, -0.2) is 0 Å². The fourth-order valence-corrected chi connectivity index (χ4v) is 2.79. The van der Waals surface area contributed by atoms with Crippen molar-refractivity contribution in [1.82, 2.24) is 0 Å². The van der Waals surface area contributed by atoms with E-state index in [1.807, 2.05) is 0 Å². The molecule has 114 valence electrons. The molecule has 0 bridgehead atoms. The number of carbonyl (C=O) groups excluding carboxylic acids is 1. The van der Waals surface area contributed by atoms with Crippen molar-refractivity contribution < 1.29 is 24.5 Å². The van der Waals surface area contributed by atoms with Gasteiger partial charge < -0.3 is 19.7 Å². The average molecular weight is 300 g/mol. The summed E-state index contributed by atoms with van der Waals surface area (Å²) in [5.41, 5.74) is 1.65. The van der Waals surface area contributed by atoms with Gasteiger partial charge in [-0.3, -0.25) is 4.79 Å². The van der Waals surface area contributed by atoms with Crippen molar-refractivity contribution in [2.75, 3.05) is 13.7 Å². The van der Waals surface area contributed by atoms with Crippen molar-refractivity contribution in [2.24, 2.45) is 0 Å². The van der Waals surface area contributed by atoms with Crippen LogP contribution in [0.15, 0.2) is 42.5 Å². The zero-order valence-corrected chi connectivity index (χ0v) is 12.0. The fourth-order valence-electron chi connectivity index (χ4n) is 2.79. The average Bonchev–Trinajstić information content (AvgIpc) is 2.90. The molecule has 0 aliphatic carbocycles. The standard InChI is InChI=1S/C17H16O5/c1-21-15-8-11(4-7-14(15)19)13-9-22-17(20)16(13)10-2-5-12(18)6-3-10/h2-8,13,16,18-19H,9H2,1H3. The highest BCUT2D eigenvalue weighted by atomic mass is 16.5. The van der Waals surface area contributed by atoms with Crippen LogP contribution in [0.5, 0.6) is 17.2 Å². The Morgan fingerprint density at radius 3 is 2.45 bits per heavy atom. The molecule has 3 rings (SSSR count). The molecule has 1 aliphatic rings. The van der Waals surface area contributed by atoms with Crippen molar-refractivity contribution in [3.8, 4) is 17.2 Å². The first-order chi connectivity index (χ1) is 10.6. The van der Waals surface area contributed by atoms with Crippen molar-refractivity contribution in [2.45, 2.75) is 11.8 Å². The Labute approximate surface area is 127 Å². The molecule has 0 spiro atoms. The number of carbonyl (C=O) groups is 1. The molecule has 1 saturated heterocycles. The Bertz CT molecular complexity index is 693. The van der Waals surface area contributed by atoms with Gasteiger partial charge in [0, 0.05) is 5.92 Å². The van der Waals surface area contributed by atoms with E-state index < -0.39 is 5.92 Å². The first-order valence-electron chi connectivity index (χ1n) is 6.92. The monoisotopic (exact) mass is 300 g/mol. The highest BCUT2D eigenvalue weighted by Gasteiger charge is 2.39. The second-order valence-corrected chi connectivity index (χ2v) is 5.24. The van der Waals surface area contributed by atoms with E-state index in [1.54, 1.807) is 42.5 Å². The molecule has 2 aromatic rings. The second kappa shape index (κ2) is 5.60. The molecular formula is C17H16O5. The summed E-state index contributed by atoms with van der Waals surface area (Å²) in [6.45, 7) is 0.276. The number of hydrogen-bond donors (Lipinski definition) is 2. The molecule has 22 heavy (non-hydrogen) atoms. The van der Waals surface area contributed by atoms with Crippen LogP contribution in [0, 0.1) is 0 Å². The summed E-state index contributed by atoms with van der Waals surface area (Å²) in [6, 6.07) is 11.6. The van der Waals surface area contributed by atoms with Crippen LogP contribution >= 0.6 is 0 Å². The lowest BCUT2D eigenvalue weighted by Gasteiger charge is -2.17. The van der Waals surface area contributed by atoms with Crippen molar-refractivity contribution >= 4 is 5.97 Å². The summed E-state index contributed by atoms with van der Waals surface area (Å²) < 4.78 is 10.3. The summed E-state index contributed by atoms with van der Waals surface area (Å²) in [5.74, 6) is -0.318. The molecule has 0 radical (unpaired) electrons. The second-order valence-electron chi connectivity index (χ2n) is 5.24. The Kier molecular flexibility index (Phi) is 3.63. The Morgan fingerprint density at radius 1 is 1.09 bits per heavy atom. The molecule has 2 unspecified atom stereocenters. The van der Waals surface area contributed by atoms with Crippen LogP contribution in [0.2, 0.25) is 0 Å². The third-order valence-electron chi connectivity index (χ3n) is 3.95. The summed E-state index contributed by atoms with van der Waals surface area (Å²) in [7, 11) is 1.48. The molecule has 0 aromatic heterocycles. The number of esters is 1. The van der Waals surface area contributed by atoms with Crippen molar-refractivity contribution in [1.29, 1.82) is 0 Å². The van der Waals surface area contributed by atoms with Gasteiger partial charge >= 0.3 is 5.97 Å². The van der Waals surface area contributed by atoms with Crippen LogP contribution in [-0.4, -0.2) is 29.9 Å². The number of phenols is 2. The minimum absolute atomic E-state index is 0.0534. The van der Waals surface area contributed by atoms with Gasteiger partial charge in [-0.2, -0.15) is 0 Å². The number of cyclic esters (lactones) is 1. The van der Waals surface area contributed by atoms with Gasteiger partial charge in [-0.1, -0.05) is 18.2 Å². The molecule has 1 heterocycles. The van der Waals surface area contributed by atoms with Gasteiger partial charge in [-0.15, -0.1) is 0 Å². The van der Waals surface area contributed by atoms with Crippen LogP contribution in [0.25, 0.3) is 0 Å². The highest BCUT2D eigenvalue weighted by Crippen LogP contribution is 2.41. The smallest absolute Gasteiger partial charge is 0.314 e. The molecule has 1 aliphatic heterocycles.